The Morgan fingerprint density at radius 1 is 1.17 bits per heavy atom. The van der Waals surface area contributed by atoms with E-state index in [1.807, 2.05) is 43.3 Å². The minimum Gasteiger partial charge on any atom is -0.350 e. The number of hydrogen-bond donors (Lipinski definition) is 1. The van der Waals surface area contributed by atoms with E-state index < -0.39 is 11.7 Å². The number of nitrogens with zero attached hydrogens (tertiary/aromatic N) is 2. The van der Waals surface area contributed by atoms with E-state index in [4.69, 9.17) is 0 Å². The van der Waals surface area contributed by atoms with Crippen LogP contribution in [0.15, 0.2) is 54.4 Å². The molecule has 1 aromatic carbocycles. The molecule has 1 saturated carbocycles. The summed E-state index contributed by atoms with van der Waals surface area (Å²) in [7, 11) is 0. The van der Waals surface area contributed by atoms with Crippen LogP contribution >= 0.6 is 0 Å². The van der Waals surface area contributed by atoms with Crippen LogP contribution in [0.3, 0.4) is 0 Å². The first-order chi connectivity index (χ1) is 14.5. The highest BCUT2D eigenvalue weighted by molar-refractivity contribution is 5.95. The zero-order valence-corrected chi connectivity index (χ0v) is 17.1. The van der Waals surface area contributed by atoms with Gasteiger partial charge >= 0.3 is 0 Å². The van der Waals surface area contributed by atoms with Crippen LogP contribution in [-0.2, 0) is 16.1 Å². The van der Waals surface area contributed by atoms with Gasteiger partial charge in [-0.1, -0.05) is 36.4 Å². The van der Waals surface area contributed by atoms with Crippen LogP contribution in [0.4, 0.5) is 4.39 Å². The molecule has 2 heterocycles. The monoisotopic (exact) mass is 407 g/mol. The molecule has 4 rings (SSSR count). The van der Waals surface area contributed by atoms with Crippen LogP contribution in [0.2, 0.25) is 0 Å². The fourth-order valence-electron chi connectivity index (χ4n) is 4.33. The molecule has 2 fully saturated rings. The Morgan fingerprint density at radius 3 is 2.60 bits per heavy atom. The summed E-state index contributed by atoms with van der Waals surface area (Å²) in [6.45, 7) is 3.32. The zero-order valence-electron chi connectivity index (χ0n) is 17.1. The number of amides is 2. The number of carbonyl (C=O) groups excluding carboxylic acids is 2. The van der Waals surface area contributed by atoms with Crippen molar-refractivity contribution in [1.82, 2.24) is 15.2 Å². The minimum absolute atomic E-state index is 0.0238. The molecule has 2 amide bonds. The number of aromatic nitrogens is 1. The summed E-state index contributed by atoms with van der Waals surface area (Å²) >= 11 is 0. The summed E-state index contributed by atoms with van der Waals surface area (Å²) in [5.41, 5.74) is 2.40. The number of rotatable bonds is 5. The van der Waals surface area contributed by atoms with Gasteiger partial charge in [0.1, 0.15) is 0 Å². The Labute approximate surface area is 176 Å². The minimum atomic E-state index is -0.743. The summed E-state index contributed by atoms with van der Waals surface area (Å²) in [6.07, 6.45) is 3.58. The Bertz CT molecular complexity index is 965. The molecule has 0 radical (unpaired) electrons. The number of hydrogen-bond acceptors (Lipinski definition) is 3. The van der Waals surface area contributed by atoms with E-state index in [2.05, 4.69) is 10.3 Å². The van der Waals surface area contributed by atoms with Gasteiger partial charge in [-0.2, -0.15) is 0 Å². The molecule has 2 aromatic rings. The lowest BCUT2D eigenvalue weighted by molar-refractivity contribution is -0.130. The van der Waals surface area contributed by atoms with Crippen molar-refractivity contribution in [3.8, 4) is 0 Å². The van der Waals surface area contributed by atoms with E-state index in [0.29, 0.717) is 25.2 Å². The topological polar surface area (TPSA) is 62.3 Å². The quantitative estimate of drug-likeness (QED) is 0.770. The van der Waals surface area contributed by atoms with Crippen molar-refractivity contribution in [3.63, 3.8) is 0 Å². The van der Waals surface area contributed by atoms with Gasteiger partial charge in [-0.3, -0.25) is 14.6 Å². The maximum atomic E-state index is 14.4. The van der Waals surface area contributed by atoms with Gasteiger partial charge < -0.3 is 10.2 Å². The van der Waals surface area contributed by atoms with Crippen molar-refractivity contribution in [2.24, 2.45) is 11.3 Å². The van der Waals surface area contributed by atoms with E-state index >= 15 is 0 Å². The average molecular weight is 407 g/mol. The highest BCUT2D eigenvalue weighted by atomic mass is 19.1. The van der Waals surface area contributed by atoms with Crippen molar-refractivity contribution < 1.29 is 14.0 Å². The number of benzene rings is 1. The molecular formula is C24H26FN3O2. The third-order valence-electron chi connectivity index (χ3n) is 6.24. The standard InChI is InChI=1S/C24H26FN3O2/c1-17-6-5-9-19(27-17)16-26-22(29)20-15-24(20)10-12-28(13-11-24)23(30)21(25)14-18-7-3-2-4-8-18/h2-9,14,20H,10-13,15-16H2,1H3,(H,26,29)/b21-14-/t20-/m1/s1. The molecule has 1 aliphatic heterocycles. The summed E-state index contributed by atoms with van der Waals surface area (Å²) in [5, 5.41) is 2.99. The van der Waals surface area contributed by atoms with Crippen LogP contribution in [0, 0.1) is 18.3 Å². The van der Waals surface area contributed by atoms with E-state index in [9.17, 15) is 14.0 Å². The summed E-state index contributed by atoms with van der Waals surface area (Å²) in [6, 6.07) is 14.7. The lowest BCUT2D eigenvalue weighted by Gasteiger charge is -2.32. The second kappa shape index (κ2) is 8.38. The predicted octanol–water partition coefficient (Wildman–Crippen LogP) is 3.65. The van der Waals surface area contributed by atoms with Crippen LogP contribution in [0.1, 0.15) is 36.2 Å². The molecule has 1 saturated heterocycles. The third kappa shape index (κ3) is 4.42. The van der Waals surface area contributed by atoms with Crippen LogP contribution in [0.25, 0.3) is 6.08 Å². The largest absolute Gasteiger partial charge is 0.350 e. The number of pyridine rings is 1. The van der Waals surface area contributed by atoms with E-state index in [1.54, 1.807) is 17.0 Å². The van der Waals surface area contributed by atoms with E-state index in [1.165, 1.54) is 6.08 Å². The molecule has 0 bridgehead atoms. The van der Waals surface area contributed by atoms with Gasteiger partial charge in [0, 0.05) is 24.7 Å². The second-order valence-corrected chi connectivity index (χ2v) is 8.30. The molecule has 156 valence electrons. The second-order valence-electron chi connectivity index (χ2n) is 8.30. The first-order valence-electron chi connectivity index (χ1n) is 10.4. The van der Waals surface area contributed by atoms with Gasteiger partial charge in [0.15, 0.2) is 5.83 Å². The molecule has 1 spiro atoms. The Hall–Kier alpha value is -3.02. The van der Waals surface area contributed by atoms with Gasteiger partial charge in [-0.05, 0) is 55.4 Å². The molecule has 1 atom stereocenters. The molecule has 6 heteroatoms. The fourth-order valence-corrected chi connectivity index (χ4v) is 4.33. The normalized spacial score (nSPS) is 20.1. The molecule has 30 heavy (non-hydrogen) atoms. The van der Waals surface area contributed by atoms with Gasteiger partial charge in [0.25, 0.3) is 5.91 Å². The van der Waals surface area contributed by atoms with Crippen molar-refractivity contribution >= 4 is 17.9 Å². The zero-order chi connectivity index (χ0) is 21.1. The highest BCUT2D eigenvalue weighted by Crippen LogP contribution is 2.59. The number of carbonyl (C=O) groups is 2. The number of aryl methyl sites for hydroxylation is 1. The van der Waals surface area contributed by atoms with Crippen LogP contribution in [-0.4, -0.2) is 34.8 Å². The lowest BCUT2D eigenvalue weighted by Crippen LogP contribution is -2.40. The summed E-state index contributed by atoms with van der Waals surface area (Å²) < 4.78 is 14.4. The van der Waals surface area contributed by atoms with Crippen LogP contribution in [0.5, 0.6) is 0 Å². The van der Waals surface area contributed by atoms with Crippen molar-refractivity contribution in [2.45, 2.75) is 32.7 Å². The van der Waals surface area contributed by atoms with E-state index in [0.717, 1.165) is 30.7 Å². The van der Waals surface area contributed by atoms with Gasteiger partial charge in [-0.15, -0.1) is 0 Å². The van der Waals surface area contributed by atoms with Crippen LogP contribution < -0.4 is 5.32 Å². The molecule has 1 aliphatic carbocycles. The first kappa shape index (κ1) is 20.3. The SMILES string of the molecule is Cc1cccc(CNC(=O)[C@H]2CC23CCN(C(=O)/C(F)=C/c2ccccc2)CC3)n1. The summed E-state index contributed by atoms with van der Waals surface area (Å²) in [4.78, 5) is 31.0. The molecule has 2 aliphatic rings. The Morgan fingerprint density at radius 2 is 1.90 bits per heavy atom. The Kier molecular flexibility index (Phi) is 5.66. The first-order valence-corrected chi connectivity index (χ1v) is 10.4. The predicted molar refractivity (Wildman–Crippen MR) is 113 cm³/mol. The van der Waals surface area contributed by atoms with Crippen molar-refractivity contribution in [3.05, 3.63) is 71.3 Å². The molecule has 5 nitrogen and oxygen atoms in total. The van der Waals surface area contributed by atoms with Crippen molar-refractivity contribution in [2.75, 3.05) is 13.1 Å². The number of halogens is 1. The highest BCUT2D eigenvalue weighted by Gasteiger charge is 2.58. The molecule has 1 N–H and O–H groups in total. The maximum absolute atomic E-state index is 14.4. The Balaban J connectivity index is 1.28. The number of piperidine rings is 1. The van der Waals surface area contributed by atoms with Crippen molar-refractivity contribution in [1.29, 1.82) is 0 Å². The van der Waals surface area contributed by atoms with E-state index in [-0.39, 0.29) is 17.2 Å². The summed E-state index contributed by atoms with van der Waals surface area (Å²) in [5.74, 6) is -1.29. The van der Waals surface area contributed by atoms with Gasteiger partial charge in [-0.25, -0.2) is 4.39 Å². The number of likely N-dealkylation sites (tertiary alicyclic amines) is 1. The fraction of sp³-hybridized carbons (Fsp3) is 0.375. The smallest absolute Gasteiger partial charge is 0.282 e. The number of nitrogens with one attached hydrogen (secondary N) is 1. The third-order valence-corrected chi connectivity index (χ3v) is 6.24. The molecular weight excluding hydrogens is 381 g/mol. The molecule has 0 unspecified atom stereocenters. The van der Waals surface area contributed by atoms with Gasteiger partial charge in [0.2, 0.25) is 5.91 Å². The maximum Gasteiger partial charge on any atom is 0.282 e. The molecule has 1 aromatic heterocycles. The van der Waals surface area contributed by atoms with Gasteiger partial charge in [0.05, 0.1) is 12.2 Å². The lowest BCUT2D eigenvalue weighted by atomic mass is 9.90. The average Bonchev–Trinajstić information content (AvgIpc) is 3.46.